The lowest BCUT2D eigenvalue weighted by molar-refractivity contribution is 0.0518. The molecule has 0 heterocycles. The Balaban J connectivity index is 2.33. The van der Waals surface area contributed by atoms with Gasteiger partial charge in [0.1, 0.15) is 22.6 Å². The average Bonchev–Trinajstić information content (AvgIpc) is 2.56. The van der Waals surface area contributed by atoms with Gasteiger partial charge in [-0.25, -0.2) is 9.59 Å². The van der Waals surface area contributed by atoms with Crippen LogP contribution in [-0.2, 0) is 9.47 Å². The SMILES string of the molecule is CCOC(=O)c1ccccc1Oc1ccccc1C(=O)OCC. The van der Waals surface area contributed by atoms with Gasteiger partial charge in [0.2, 0.25) is 0 Å². The lowest BCUT2D eigenvalue weighted by atomic mass is 10.2. The summed E-state index contributed by atoms with van der Waals surface area (Å²) >= 11 is 0. The van der Waals surface area contributed by atoms with Crippen molar-refractivity contribution >= 4 is 11.9 Å². The van der Waals surface area contributed by atoms with Crippen LogP contribution in [0.2, 0.25) is 0 Å². The van der Waals surface area contributed by atoms with Crippen molar-refractivity contribution in [3.63, 3.8) is 0 Å². The van der Waals surface area contributed by atoms with Crippen LogP contribution in [0.4, 0.5) is 0 Å². The minimum absolute atomic E-state index is 0.270. The van der Waals surface area contributed by atoms with E-state index in [1.807, 2.05) is 0 Å². The van der Waals surface area contributed by atoms with E-state index in [4.69, 9.17) is 14.2 Å². The van der Waals surface area contributed by atoms with E-state index in [9.17, 15) is 9.59 Å². The van der Waals surface area contributed by atoms with Crippen LogP contribution >= 0.6 is 0 Å². The zero-order valence-corrected chi connectivity index (χ0v) is 13.1. The van der Waals surface area contributed by atoms with Crippen molar-refractivity contribution in [1.29, 1.82) is 0 Å². The fourth-order valence-corrected chi connectivity index (χ4v) is 1.98. The molecule has 2 aromatic carbocycles. The average molecular weight is 314 g/mol. The van der Waals surface area contributed by atoms with Gasteiger partial charge in [0.05, 0.1) is 13.2 Å². The Labute approximate surface area is 134 Å². The first-order chi connectivity index (χ1) is 11.2. The minimum atomic E-state index is -0.475. The molecular weight excluding hydrogens is 296 g/mol. The molecule has 0 aromatic heterocycles. The molecule has 2 aromatic rings. The molecule has 0 amide bonds. The van der Waals surface area contributed by atoms with Crippen LogP contribution in [0.3, 0.4) is 0 Å². The Morgan fingerprint density at radius 3 is 1.52 bits per heavy atom. The summed E-state index contributed by atoms with van der Waals surface area (Å²) in [6.45, 7) is 4.01. The number of esters is 2. The smallest absolute Gasteiger partial charge is 0.341 e. The molecule has 5 heteroatoms. The topological polar surface area (TPSA) is 61.8 Å². The van der Waals surface area contributed by atoms with Gasteiger partial charge in [-0.3, -0.25) is 0 Å². The summed E-state index contributed by atoms with van der Waals surface area (Å²) in [6, 6.07) is 13.4. The number of carbonyl (C=O) groups excluding carboxylic acids is 2. The third-order valence-electron chi connectivity index (χ3n) is 2.98. The predicted octanol–water partition coefficient (Wildman–Crippen LogP) is 3.83. The Morgan fingerprint density at radius 2 is 1.13 bits per heavy atom. The van der Waals surface area contributed by atoms with E-state index in [-0.39, 0.29) is 13.2 Å². The first-order valence-electron chi connectivity index (χ1n) is 7.37. The molecule has 0 N–H and O–H groups in total. The summed E-state index contributed by atoms with van der Waals surface area (Å²) in [5.41, 5.74) is 0.598. The van der Waals surface area contributed by atoms with Crippen LogP contribution in [0.1, 0.15) is 34.6 Å². The molecule has 0 aliphatic carbocycles. The quantitative estimate of drug-likeness (QED) is 0.758. The van der Waals surface area contributed by atoms with Crippen LogP contribution in [0, 0.1) is 0 Å². The van der Waals surface area contributed by atoms with Gasteiger partial charge >= 0.3 is 11.9 Å². The first kappa shape index (κ1) is 16.5. The summed E-state index contributed by atoms with van der Waals surface area (Å²) in [5.74, 6) is -0.307. The highest BCUT2D eigenvalue weighted by Gasteiger charge is 2.17. The van der Waals surface area contributed by atoms with Crippen molar-refractivity contribution in [1.82, 2.24) is 0 Å². The highest BCUT2D eigenvalue weighted by atomic mass is 16.5. The van der Waals surface area contributed by atoms with Crippen LogP contribution in [0.25, 0.3) is 0 Å². The second kappa shape index (κ2) is 7.98. The number of carbonyl (C=O) groups is 2. The molecule has 0 saturated heterocycles. The Kier molecular flexibility index (Phi) is 5.74. The summed E-state index contributed by atoms with van der Waals surface area (Å²) in [7, 11) is 0. The van der Waals surface area contributed by atoms with Crippen LogP contribution < -0.4 is 4.74 Å². The lowest BCUT2D eigenvalue weighted by Gasteiger charge is -2.13. The van der Waals surface area contributed by atoms with Gasteiger partial charge < -0.3 is 14.2 Å². The van der Waals surface area contributed by atoms with Gasteiger partial charge in [-0.2, -0.15) is 0 Å². The van der Waals surface area contributed by atoms with E-state index in [1.165, 1.54) is 0 Å². The fraction of sp³-hybridized carbons (Fsp3) is 0.222. The highest BCUT2D eigenvalue weighted by molar-refractivity contribution is 5.94. The van der Waals surface area contributed by atoms with E-state index < -0.39 is 11.9 Å². The summed E-state index contributed by atoms with van der Waals surface area (Å²) in [6.07, 6.45) is 0. The summed E-state index contributed by atoms with van der Waals surface area (Å²) in [4.78, 5) is 24.0. The van der Waals surface area contributed by atoms with Gasteiger partial charge in [-0.1, -0.05) is 24.3 Å². The van der Waals surface area contributed by atoms with Crippen molar-refractivity contribution in [2.24, 2.45) is 0 Å². The lowest BCUT2D eigenvalue weighted by Crippen LogP contribution is -2.08. The first-order valence-corrected chi connectivity index (χ1v) is 7.37. The molecular formula is C18H18O5. The molecule has 0 unspecified atom stereocenters. The van der Waals surface area contributed by atoms with Crippen molar-refractivity contribution < 1.29 is 23.8 Å². The molecule has 0 fully saturated rings. The largest absolute Gasteiger partial charge is 0.462 e. The number of hydrogen-bond acceptors (Lipinski definition) is 5. The van der Waals surface area contributed by atoms with Crippen LogP contribution in [-0.4, -0.2) is 25.2 Å². The Morgan fingerprint density at radius 1 is 0.739 bits per heavy atom. The zero-order valence-electron chi connectivity index (χ0n) is 13.1. The predicted molar refractivity (Wildman–Crippen MR) is 84.9 cm³/mol. The standard InChI is InChI=1S/C18H18O5/c1-3-21-17(19)13-9-5-7-11-15(13)23-16-12-8-6-10-14(16)18(20)22-4-2/h5-12H,3-4H2,1-2H3. The summed E-state index contributed by atoms with van der Waals surface area (Å²) in [5, 5.41) is 0. The van der Waals surface area contributed by atoms with E-state index in [2.05, 4.69) is 0 Å². The highest BCUT2D eigenvalue weighted by Crippen LogP contribution is 2.29. The normalized spacial score (nSPS) is 10.0. The molecule has 0 spiro atoms. The van der Waals surface area contributed by atoms with E-state index in [0.717, 1.165) is 0 Å². The Hall–Kier alpha value is -2.82. The van der Waals surface area contributed by atoms with Crippen molar-refractivity contribution in [3.8, 4) is 11.5 Å². The second-order valence-corrected chi connectivity index (χ2v) is 4.54. The fourth-order valence-electron chi connectivity index (χ4n) is 1.98. The van der Waals surface area contributed by atoms with Crippen molar-refractivity contribution in [3.05, 3.63) is 59.7 Å². The monoisotopic (exact) mass is 314 g/mol. The minimum Gasteiger partial charge on any atom is -0.462 e. The molecule has 0 saturated carbocycles. The number of rotatable bonds is 6. The van der Waals surface area contributed by atoms with Crippen molar-refractivity contribution in [2.75, 3.05) is 13.2 Å². The second-order valence-electron chi connectivity index (χ2n) is 4.54. The third kappa shape index (κ3) is 4.10. The van der Waals surface area contributed by atoms with Gasteiger partial charge in [-0.05, 0) is 38.1 Å². The molecule has 0 aliphatic heterocycles. The molecule has 0 bridgehead atoms. The molecule has 120 valence electrons. The van der Waals surface area contributed by atoms with E-state index in [0.29, 0.717) is 22.6 Å². The van der Waals surface area contributed by atoms with Crippen LogP contribution in [0.5, 0.6) is 11.5 Å². The third-order valence-corrected chi connectivity index (χ3v) is 2.98. The number of hydrogen-bond donors (Lipinski definition) is 0. The van der Waals surface area contributed by atoms with E-state index >= 15 is 0 Å². The van der Waals surface area contributed by atoms with Crippen LogP contribution in [0.15, 0.2) is 48.5 Å². The number of para-hydroxylation sites is 2. The summed E-state index contributed by atoms with van der Waals surface area (Å²) < 4.78 is 15.8. The molecule has 5 nitrogen and oxygen atoms in total. The maximum atomic E-state index is 12.0. The van der Waals surface area contributed by atoms with Gasteiger partial charge in [-0.15, -0.1) is 0 Å². The Bertz CT molecular complexity index is 634. The number of benzene rings is 2. The zero-order chi connectivity index (χ0) is 16.7. The maximum Gasteiger partial charge on any atom is 0.341 e. The molecule has 0 atom stereocenters. The molecule has 2 rings (SSSR count). The maximum absolute atomic E-state index is 12.0. The molecule has 0 radical (unpaired) electrons. The van der Waals surface area contributed by atoms with Gasteiger partial charge in [0.15, 0.2) is 0 Å². The van der Waals surface area contributed by atoms with Gasteiger partial charge in [0.25, 0.3) is 0 Å². The van der Waals surface area contributed by atoms with Gasteiger partial charge in [0, 0.05) is 0 Å². The van der Waals surface area contributed by atoms with Crippen molar-refractivity contribution in [2.45, 2.75) is 13.8 Å². The molecule has 0 aliphatic rings. The number of ether oxygens (including phenoxy) is 3. The molecule has 23 heavy (non-hydrogen) atoms. The van der Waals surface area contributed by atoms with E-state index in [1.54, 1.807) is 62.4 Å².